The third kappa shape index (κ3) is 5.34. The lowest BCUT2D eigenvalue weighted by molar-refractivity contribution is -0.146. The summed E-state index contributed by atoms with van der Waals surface area (Å²) in [6, 6.07) is 14.2. The Bertz CT molecular complexity index is 1100. The molecule has 2 amide bonds. The normalized spacial score (nSPS) is 17.8. The number of para-hydroxylation sites is 2. The molecule has 2 aromatic carbocycles. The Balaban J connectivity index is 1.35. The van der Waals surface area contributed by atoms with E-state index in [-0.39, 0.29) is 23.8 Å². The molecule has 1 aromatic heterocycles. The molecule has 0 atom stereocenters. The first-order valence-electron chi connectivity index (χ1n) is 10.9. The summed E-state index contributed by atoms with van der Waals surface area (Å²) in [5.74, 6) is 2.01. The molecule has 1 aliphatic carbocycles. The van der Waals surface area contributed by atoms with E-state index < -0.39 is 0 Å². The number of urea groups is 1. The fraction of sp³-hybridized carbons (Fsp3) is 0.320. The Morgan fingerprint density at radius 3 is 2.39 bits per heavy atom. The lowest BCUT2D eigenvalue weighted by atomic mass is 9.82. The number of nitrogens with zero attached hydrogens (tertiary/aromatic N) is 1. The van der Waals surface area contributed by atoms with Gasteiger partial charge in [-0.2, -0.15) is 0 Å². The van der Waals surface area contributed by atoms with Crippen molar-refractivity contribution in [3.8, 4) is 17.1 Å². The topological polar surface area (TPSA) is 103 Å². The summed E-state index contributed by atoms with van der Waals surface area (Å²) in [5, 5.41) is 5.58. The highest BCUT2D eigenvalue weighted by atomic mass is 16.5. The molecule has 3 aromatic rings. The Morgan fingerprint density at radius 2 is 1.70 bits per heavy atom. The zero-order valence-corrected chi connectivity index (χ0v) is 18.7. The summed E-state index contributed by atoms with van der Waals surface area (Å²) >= 11 is 0. The second kappa shape index (κ2) is 10.2. The van der Waals surface area contributed by atoms with E-state index >= 15 is 0 Å². The van der Waals surface area contributed by atoms with Gasteiger partial charge >= 0.3 is 12.0 Å². The monoisotopic (exact) mass is 449 g/mol. The summed E-state index contributed by atoms with van der Waals surface area (Å²) in [7, 11) is 2.99. The number of oxazole rings is 1. The Labute approximate surface area is 192 Å². The Morgan fingerprint density at radius 1 is 0.970 bits per heavy atom. The molecule has 2 N–H and O–H groups in total. The molecule has 0 unspecified atom stereocenters. The Hall–Kier alpha value is -3.81. The minimum atomic E-state index is -0.364. The van der Waals surface area contributed by atoms with Gasteiger partial charge in [0.05, 0.1) is 32.0 Å². The first-order valence-corrected chi connectivity index (χ1v) is 10.9. The number of hydrogen-bond donors (Lipinski definition) is 2. The predicted molar refractivity (Wildman–Crippen MR) is 124 cm³/mol. The van der Waals surface area contributed by atoms with Crippen LogP contribution < -0.4 is 15.4 Å². The van der Waals surface area contributed by atoms with Crippen molar-refractivity contribution in [3.63, 3.8) is 0 Å². The van der Waals surface area contributed by atoms with Crippen LogP contribution in [-0.4, -0.2) is 31.2 Å². The highest BCUT2D eigenvalue weighted by Gasteiger charge is 2.30. The molecule has 0 spiro atoms. The number of methoxy groups -OCH3 is 2. The van der Waals surface area contributed by atoms with Crippen molar-refractivity contribution >= 4 is 23.4 Å². The minimum Gasteiger partial charge on any atom is -0.495 e. The molecule has 8 nitrogen and oxygen atoms in total. The number of rotatable bonds is 6. The number of benzene rings is 2. The number of anilines is 2. The van der Waals surface area contributed by atoms with Gasteiger partial charge in [0, 0.05) is 17.2 Å². The number of esters is 1. The van der Waals surface area contributed by atoms with Crippen molar-refractivity contribution in [2.24, 2.45) is 5.92 Å². The molecular formula is C25H27N3O5. The summed E-state index contributed by atoms with van der Waals surface area (Å²) in [6.07, 6.45) is 4.99. The highest BCUT2D eigenvalue weighted by Crippen LogP contribution is 2.37. The van der Waals surface area contributed by atoms with E-state index in [1.165, 1.54) is 7.11 Å². The maximum absolute atomic E-state index is 12.3. The summed E-state index contributed by atoms with van der Waals surface area (Å²) in [6.45, 7) is 0. The molecule has 1 heterocycles. The zero-order chi connectivity index (χ0) is 23.2. The average molecular weight is 450 g/mol. The van der Waals surface area contributed by atoms with E-state index in [4.69, 9.17) is 13.9 Å². The SMILES string of the molecule is COC(=O)C1CCC(c2ncc(-c3ccc(NC(=O)Nc4ccccc4OC)cc3)o2)CC1. The fourth-order valence-electron chi connectivity index (χ4n) is 4.10. The molecule has 0 aliphatic heterocycles. The number of nitrogens with one attached hydrogen (secondary N) is 2. The fourth-order valence-corrected chi connectivity index (χ4v) is 4.10. The first kappa shape index (κ1) is 22.4. The number of ether oxygens (including phenoxy) is 2. The van der Waals surface area contributed by atoms with E-state index in [2.05, 4.69) is 15.6 Å². The van der Waals surface area contributed by atoms with Crippen LogP contribution in [0.5, 0.6) is 5.75 Å². The van der Waals surface area contributed by atoms with Crippen molar-refractivity contribution in [2.75, 3.05) is 24.9 Å². The molecule has 0 saturated heterocycles. The van der Waals surface area contributed by atoms with Crippen LogP contribution in [0.1, 0.15) is 37.5 Å². The van der Waals surface area contributed by atoms with E-state index in [0.29, 0.717) is 28.8 Å². The molecule has 33 heavy (non-hydrogen) atoms. The van der Waals surface area contributed by atoms with Crippen LogP contribution in [0.25, 0.3) is 11.3 Å². The number of carbonyl (C=O) groups excluding carboxylic acids is 2. The zero-order valence-electron chi connectivity index (χ0n) is 18.7. The van der Waals surface area contributed by atoms with E-state index in [9.17, 15) is 9.59 Å². The summed E-state index contributed by atoms with van der Waals surface area (Å²) < 4.78 is 16.1. The predicted octanol–water partition coefficient (Wildman–Crippen LogP) is 5.44. The lowest BCUT2D eigenvalue weighted by Gasteiger charge is -2.24. The molecule has 1 aliphatic rings. The van der Waals surface area contributed by atoms with Gasteiger partial charge < -0.3 is 24.5 Å². The van der Waals surface area contributed by atoms with Crippen LogP contribution in [0, 0.1) is 5.92 Å². The van der Waals surface area contributed by atoms with Gasteiger partial charge in [-0.3, -0.25) is 4.79 Å². The van der Waals surface area contributed by atoms with E-state index in [1.54, 1.807) is 37.6 Å². The average Bonchev–Trinajstić information content (AvgIpc) is 3.35. The van der Waals surface area contributed by atoms with Crippen molar-refractivity contribution in [1.82, 2.24) is 4.98 Å². The molecule has 4 rings (SSSR count). The third-order valence-corrected chi connectivity index (χ3v) is 5.92. The molecule has 1 fully saturated rings. The van der Waals surface area contributed by atoms with Gasteiger partial charge in [-0.1, -0.05) is 12.1 Å². The van der Waals surface area contributed by atoms with Gasteiger partial charge in [0.25, 0.3) is 0 Å². The molecule has 8 heteroatoms. The van der Waals surface area contributed by atoms with Crippen LogP contribution in [-0.2, 0) is 9.53 Å². The van der Waals surface area contributed by atoms with Crippen LogP contribution in [0.3, 0.4) is 0 Å². The van der Waals surface area contributed by atoms with Crippen molar-refractivity contribution in [3.05, 3.63) is 60.6 Å². The van der Waals surface area contributed by atoms with E-state index in [0.717, 1.165) is 31.2 Å². The van der Waals surface area contributed by atoms with Gasteiger partial charge in [0.15, 0.2) is 11.7 Å². The quantitative estimate of drug-likeness (QED) is 0.486. The molecular weight excluding hydrogens is 422 g/mol. The van der Waals surface area contributed by atoms with Crippen LogP contribution in [0.15, 0.2) is 59.1 Å². The number of amides is 2. The second-order valence-corrected chi connectivity index (χ2v) is 7.99. The smallest absolute Gasteiger partial charge is 0.323 e. The van der Waals surface area contributed by atoms with Crippen LogP contribution in [0.2, 0.25) is 0 Å². The van der Waals surface area contributed by atoms with Gasteiger partial charge in [-0.25, -0.2) is 9.78 Å². The van der Waals surface area contributed by atoms with E-state index in [1.807, 2.05) is 24.3 Å². The summed E-state index contributed by atoms with van der Waals surface area (Å²) in [4.78, 5) is 28.5. The standard InChI is InChI=1S/C25H27N3O5/c1-31-21-6-4-3-5-20(21)28-25(30)27-19-13-11-16(12-14-19)22-15-26-23(33-22)17-7-9-18(10-8-17)24(29)32-2/h3-6,11-15,17-18H,7-10H2,1-2H3,(H2,27,28,30). The summed E-state index contributed by atoms with van der Waals surface area (Å²) in [5.41, 5.74) is 2.10. The molecule has 0 bridgehead atoms. The largest absolute Gasteiger partial charge is 0.495 e. The number of aromatic nitrogens is 1. The maximum Gasteiger partial charge on any atom is 0.323 e. The minimum absolute atomic E-state index is 0.0269. The van der Waals surface area contributed by atoms with Crippen molar-refractivity contribution < 1.29 is 23.5 Å². The Kier molecular flexibility index (Phi) is 6.92. The maximum atomic E-state index is 12.3. The molecule has 0 radical (unpaired) electrons. The van der Waals surface area contributed by atoms with Gasteiger partial charge in [-0.15, -0.1) is 0 Å². The van der Waals surface area contributed by atoms with Gasteiger partial charge in [0.1, 0.15) is 5.75 Å². The van der Waals surface area contributed by atoms with Crippen LogP contribution in [0.4, 0.5) is 16.2 Å². The van der Waals surface area contributed by atoms with Crippen LogP contribution >= 0.6 is 0 Å². The van der Waals surface area contributed by atoms with Gasteiger partial charge in [-0.05, 0) is 62.1 Å². The first-order chi connectivity index (χ1) is 16.1. The lowest BCUT2D eigenvalue weighted by Crippen LogP contribution is -2.22. The second-order valence-electron chi connectivity index (χ2n) is 7.99. The van der Waals surface area contributed by atoms with Gasteiger partial charge in [0.2, 0.25) is 0 Å². The third-order valence-electron chi connectivity index (χ3n) is 5.92. The van der Waals surface area contributed by atoms with Crippen molar-refractivity contribution in [2.45, 2.75) is 31.6 Å². The highest BCUT2D eigenvalue weighted by molar-refractivity contribution is 6.00. The number of hydrogen-bond acceptors (Lipinski definition) is 6. The van der Waals surface area contributed by atoms with Crippen molar-refractivity contribution in [1.29, 1.82) is 0 Å². The molecule has 1 saturated carbocycles. The molecule has 172 valence electrons. The number of carbonyl (C=O) groups is 2.